The predicted molar refractivity (Wildman–Crippen MR) is 152 cm³/mol. The normalized spacial score (nSPS) is 17.2. The topological polar surface area (TPSA) is 57.7 Å². The summed E-state index contributed by atoms with van der Waals surface area (Å²) in [5.41, 5.74) is 10.1. The molecule has 4 aromatic rings. The Labute approximate surface area is 233 Å². The molecule has 3 aromatic carbocycles. The van der Waals surface area contributed by atoms with E-state index in [1.54, 1.807) is 6.07 Å². The minimum Gasteiger partial charge on any atom is -0.492 e. The standard InChI is InChI=1S/C34H32FNO4/c1-19-14-22(29-7-5-6-21(3)36-29)15-20(2)33(19)26-10-12-28(35)34-27(26)11-13-30(34)40-24-8-9-25-23(16-32(37)38-4)18-39-31(25)17-24/h5-10,12,14-15,17,23,30H,11,13,16,18H2,1-4H3/t23?,30-/m1/s1. The van der Waals surface area contributed by atoms with Gasteiger partial charge in [-0.1, -0.05) is 18.2 Å². The molecule has 1 aromatic heterocycles. The van der Waals surface area contributed by atoms with Gasteiger partial charge in [0.15, 0.2) is 0 Å². The van der Waals surface area contributed by atoms with E-state index in [4.69, 9.17) is 19.2 Å². The summed E-state index contributed by atoms with van der Waals surface area (Å²) in [7, 11) is 1.39. The van der Waals surface area contributed by atoms with Crippen molar-refractivity contribution >= 4 is 5.97 Å². The van der Waals surface area contributed by atoms with Gasteiger partial charge in [-0.25, -0.2) is 4.39 Å². The average Bonchev–Trinajstić information content (AvgIpc) is 3.54. The second-order valence-electron chi connectivity index (χ2n) is 10.8. The van der Waals surface area contributed by atoms with E-state index in [2.05, 4.69) is 26.0 Å². The van der Waals surface area contributed by atoms with E-state index >= 15 is 4.39 Å². The molecule has 1 unspecified atom stereocenters. The van der Waals surface area contributed by atoms with Crippen LogP contribution >= 0.6 is 0 Å². The lowest BCUT2D eigenvalue weighted by atomic mass is 9.88. The maximum atomic E-state index is 15.3. The van der Waals surface area contributed by atoms with Crippen LogP contribution in [0.3, 0.4) is 0 Å². The molecule has 0 N–H and O–H groups in total. The molecule has 1 aliphatic carbocycles. The summed E-state index contributed by atoms with van der Waals surface area (Å²) in [5, 5.41) is 0. The van der Waals surface area contributed by atoms with Gasteiger partial charge in [-0.15, -0.1) is 0 Å². The van der Waals surface area contributed by atoms with Gasteiger partial charge in [-0.3, -0.25) is 9.78 Å². The Bertz CT molecular complexity index is 1610. The first-order valence-corrected chi connectivity index (χ1v) is 13.7. The zero-order valence-corrected chi connectivity index (χ0v) is 23.2. The van der Waals surface area contributed by atoms with Gasteiger partial charge in [0.2, 0.25) is 0 Å². The van der Waals surface area contributed by atoms with Crippen molar-refractivity contribution in [2.45, 2.75) is 52.1 Å². The number of hydrogen-bond donors (Lipinski definition) is 0. The first-order chi connectivity index (χ1) is 19.3. The third-order valence-corrected chi connectivity index (χ3v) is 8.05. The van der Waals surface area contributed by atoms with Crippen LogP contribution in [-0.4, -0.2) is 24.7 Å². The molecule has 2 heterocycles. The molecular formula is C34H32FNO4. The molecule has 2 atom stereocenters. The molecule has 1 aliphatic heterocycles. The van der Waals surface area contributed by atoms with Crippen LogP contribution in [0.1, 0.15) is 58.4 Å². The zero-order valence-electron chi connectivity index (χ0n) is 23.2. The number of halogens is 1. The summed E-state index contributed by atoms with van der Waals surface area (Å²) in [4.78, 5) is 16.4. The number of nitrogens with zero attached hydrogens (tertiary/aromatic N) is 1. The van der Waals surface area contributed by atoms with Crippen LogP contribution in [0.4, 0.5) is 4.39 Å². The van der Waals surface area contributed by atoms with Crippen LogP contribution in [0.5, 0.6) is 11.5 Å². The number of hydrogen-bond acceptors (Lipinski definition) is 5. The van der Waals surface area contributed by atoms with Gasteiger partial charge >= 0.3 is 5.97 Å². The largest absolute Gasteiger partial charge is 0.492 e. The number of ether oxygens (including phenoxy) is 3. The number of aromatic nitrogens is 1. The lowest BCUT2D eigenvalue weighted by Crippen LogP contribution is -2.09. The molecule has 5 nitrogen and oxygen atoms in total. The van der Waals surface area contributed by atoms with Gasteiger partial charge < -0.3 is 14.2 Å². The molecule has 0 saturated heterocycles. The molecule has 2 aliphatic rings. The Morgan fingerprint density at radius 1 is 1.05 bits per heavy atom. The van der Waals surface area contributed by atoms with Crippen LogP contribution in [0, 0.1) is 26.6 Å². The quantitative estimate of drug-likeness (QED) is 0.237. The number of pyridine rings is 1. The van der Waals surface area contributed by atoms with Crippen LogP contribution in [0.25, 0.3) is 22.4 Å². The minimum absolute atomic E-state index is 0.0386. The van der Waals surface area contributed by atoms with Crippen LogP contribution < -0.4 is 9.47 Å². The second kappa shape index (κ2) is 10.4. The maximum absolute atomic E-state index is 15.3. The Balaban J connectivity index is 1.29. The molecule has 0 bridgehead atoms. The van der Waals surface area contributed by atoms with Crippen LogP contribution in [0.15, 0.2) is 60.7 Å². The van der Waals surface area contributed by atoms with Gasteiger partial charge in [0.1, 0.15) is 23.4 Å². The molecule has 0 saturated carbocycles. The zero-order chi connectivity index (χ0) is 28.0. The highest BCUT2D eigenvalue weighted by molar-refractivity contribution is 5.79. The third kappa shape index (κ3) is 4.72. The van der Waals surface area contributed by atoms with Crippen molar-refractivity contribution in [1.29, 1.82) is 0 Å². The van der Waals surface area contributed by atoms with Crippen molar-refractivity contribution in [2.24, 2.45) is 0 Å². The second-order valence-corrected chi connectivity index (χ2v) is 10.8. The van der Waals surface area contributed by atoms with Gasteiger partial charge in [-0.2, -0.15) is 0 Å². The summed E-state index contributed by atoms with van der Waals surface area (Å²) in [6, 6.07) is 19.5. The number of benzene rings is 3. The Morgan fingerprint density at radius 2 is 1.85 bits per heavy atom. The van der Waals surface area contributed by atoms with E-state index in [0.29, 0.717) is 30.1 Å². The highest BCUT2D eigenvalue weighted by Gasteiger charge is 2.32. The van der Waals surface area contributed by atoms with E-state index in [9.17, 15) is 4.79 Å². The van der Waals surface area contributed by atoms with E-state index in [1.807, 2.05) is 49.4 Å². The Kier molecular flexibility index (Phi) is 6.78. The number of rotatable bonds is 6. The molecule has 0 fully saturated rings. The average molecular weight is 538 g/mol. The first kappa shape index (κ1) is 26.1. The smallest absolute Gasteiger partial charge is 0.306 e. The van der Waals surface area contributed by atoms with Crippen molar-refractivity contribution in [3.05, 3.63) is 100.0 Å². The predicted octanol–water partition coefficient (Wildman–Crippen LogP) is 7.59. The van der Waals surface area contributed by atoms with Gasteiger partial charge in [0, 0.05) is 34.4 Å². The number of methoxy groups -OCH3 is 1. The van der Waals surface area contributed by atoms with E-state index in [-0.39, 0.29) is 24.1 Å². The molecule has 40 heavy (non-hydrogen) atoms. The molecule has 6 heteroatoms. The third-order valence-electron chi connectivity index (χ3n) is 8.05. The Hall–Kier alpha value is -4.19. The number of carbonyl (C=O) groups is 1. The summed E-state index contributed by atoms with van der Waals surface area (Å²) >= 11 is 0. The molecule has 0 spiro atoms. The fraction of sp³-hybridized carbons (Fsp3) is 0.294. The van der Waals surface area contributed by atoms with Crippen molar-refractivity contribution in [2.75, 3.05) is 13.7 Å². The molecule has 204 valence electrons. The van der Waals surface area contributed by atoms with Crippen molar-refractivity contribution in [1.82, 2.24) is 4.98 Å². The van der Waals surface area contributed by atoms with Gasteiger partial charge in [0.05, 0.1) is 25.8 Å². The van der Waals surface area contributed by atoms with Crippen molar-refractivity contribution in [3.63, 3.8) is 0 Å². The van der Waals surface area contributed by atoms with Crippen molar-refractivity contribution < 1.29 is 23.4 Å². The molecule has 0 radical (unpaired) electrons. The number of aryl methyl sites for hydroxylation is 3. The summed E-state index contributed by atoms with van der Waals surface area (Å²) in [6.07, 6.45) is 1.30. The number of fused-ring (bicyclic) bond motifs is 2. The highest BCUT2D eigenvalue weighted by atomic mass is 19.1. The van der Waals surface area contributed by atoms with Gasteiger partial charge in [-0.05, 0) is 97.8 Å². The molecular weight excluding hydrogens is 505 g/mol. The molecule has 0 amide bonds. The SMILES string of the molecule is COC(=O)CC1COc2cc(O[C@@H]3CCc4c(-c5c(C)cc(-c6cccc(C)n6)cc5C)ccc(F)c43)ccc21. The van der Waals surface area contributed by atoms with E-state index < -0.39 is 6.10 Å². The Morgan fingerprint density at radius 3 is 2.60 bits per heavy atom. The fourth-order valence-corrected chi connectivity index (χ4v) is 6.21. The first-order valence-electron chi connectivity index (χ1n) is 13.7. The van der Waals surface area contributed by atoms with Crippen LogP contribution in [-0.2, 0) is 16.0 Å². The maximum Gasteiger partial charge on any atom is 0.306 e. The van der Waals surface area contributed by atoms with Crippen LogP contribution in [0.2, 0.25) is 0 Å². The lowest BCUT2D eigenvalue weighted by molar-refractivity contribution is -0.141. The summed E-state index contributed by atoms with van der Waals surface area (Å²) in [5.74, 6) is 0.786. The van der Waals surface area contributed by atoms with Crippen molar-refractivity contribution in [3.8, 4) is 33.9 Å². The monoisotopic (exact) mass is 537 g/mol. The lowest BCUT2D eigenvalue weighted by Gasteiger charge is -2.19. The minimum atomic E-state index is -0.392. The number of carbonyl (C=O) groups excluding carboxylic acids is 1. The molecule has 6 rings (SSSR count). The highest BCUT2D eigenvalue weighted by Crippen LogP contribution is 2.45. The summed E-state index contributed by atoms with van der Waals surface area (Å²) in [6.45, 7) is 6.64. The van der Waals surface area contributed by atoms with E-state index in [0.717, 1.165) is 56.8 Å². The summed E-state index contributed by atoms with van der Waals surface area (Å²) < 4.78 is 32.4. The van der Waals surface area contributed by atoms with E-state index in [1.165, 1.54) is 7.11 Å². The number of esters is 1. The fourth-order valence-electron chi connectivity index (χ4n) is 6.21. The van der Waals surface area contributed by atoms with Gasteiger partial charge in [0.25, 0.3) is 0 Å².